The van der Waals surface area contributed by atoms with Crippen molar-refractivity contribution in [2.75, 3.05) is 19.1 Å². The molecule has 35 heavy (non-hydrogen) atoms. The zero-order chi connectivity index (χ0) is 24.7. The van der Waals surface area contributed by atoms with E-state index in [4.69, 9.17) is 9.47 Å². The molecule has 1 aliphatic heterocycles. The Kier molecular flexibility index (Phi) is 5.70. The number of ether oxygens (including phenoxy) is 2. The highest BCUT2D eigenvalue weighted by molar-refractivity contribution is 7.22. The molecule has 9 heteroatoms. The number of halogens is 1. The second kappa shape index (κ2) is 8.84. The van der Waals surface area contributed by atoms with E-state index in [1.165, 1.54) is 37.3 Å². The zero-order valence-corrected chi connectivity index (χ0v) is 19.5. The predicted octanol–water partition coefficient (Wildman–Crippen LogP) is 5.08. The number of thiazole rings is 1. The lowest BCUT2D eigenvalue weighted by molar-refractivity contribution is -0.132. The number of hydrogen-bond acceptors (Lipinski definition) is 7. The van der Waals surface area contributed by atoms with Gasteiger partial charge in [-0.05, 0) is 48.5 Å². The van der Waals surface area contributed by atoms with Crippen LogP contribution >= 0.6 is 11.3 Å². The molecule has 0 radical (unpaired) electrons. The Morgan fingerprint density at radius 2 is 1.77 bits per heavy atom. The van der Waals surface area contributed by atoms with E-state index in [0.29, 0.717) is 32.8 Å². The Labute approximate surface area is 203 Å². The average molecular weight is 491 g/mol. The molecule has 0 bridgehead atoms. The van der Waals surface area contributed by atoms with Crippen LogP contribution in [0.1, 0.15) is 17.2 Å². The van der Waals surface area contributed by atoms with Gasteiger partial charge >= 0.3 is 5.91 Å². The summed E-state index contributed by atoms with van der Waals surface area (Å²) in [6.45, 7) is 0. The number of fused-ring (bicyclic) bond motifs is 1. The molecule has 1 atom stereocenters. The number of aliphatic hydroxyl groups excluding tert-OH is 1. The fourth-order valence-corrected chi connectivity index (χ4v) is 5.13. The number of aliphatic hydroxyl groups is 1. The normalized spacial score (nSPS) is 17.2. The molecule has 0 aliphatic carbocycles. The van der Waals surface area contributed by atoms with Gasteiger partial charge in [-0.25, -0.2) is 9.37 Å². The summed E-state index contributed by atoms with van der Waals surface area (Å²) in [6, 6.07) is 16.5. The SMILES string of the molecule is COc1ccc(/C(O)=C2\C(=O)C(=O)N(c3nc4ccc(F)cc4s3)C2c2ccccc2OC)cc1. The lowest BCUT2D eigenvalue weighted by Gasteiger charge is -2.24. The molecule has 0 spiro atoms. The van der Waals surface area contributed by atoms with Gasteiger partial charge < -0.3 is 14.6 Å². The lowest BCUT2D eigenvalue weighted by Crippen LogP contribution is -2.29. The highest BCUT2D eigenvalue weighted by atomic mass is 32.1. The third-order valence-electron chi connectivity index (χ3n) is 5.79. The van der Waals surface area contributed by atoms with Crippen molar-refractivity contribution in [3.05, 3.63) is 89.2 Å². The molecule has 7 nitrogen and oxygen atoms in total. The van der Waals surface area contributed by atoms with Crippen LogP contribution in [0.4, 0.5) is 9.52 Å². The third-order valence-corrected chi connectivity index (χ3v) is 6.80. The van der Waals surface area contributed by atoms with Crippen LogP contribution in [-0.4, -0.2) is 36.0 Å². The minimum atomic E-state index is -1.02. The number of ketones is 1. The summed E-state index contributed by atoms with van der Waals surface area (Å²) < 4.78 is 25.0. The number of aromatic nitrogens is 1. The lowest BCUT2D eigenvalue weighted by atomic mass is 9.94. The molecule has 1 fully saturated rings. The first kappa shape index (κ1) is 22.5. The summed E-state index contributed by atoms with van der Waals surface area (Å²) in [7, 11) is 3.00. The molecule has 4 aromatic rings. The second-order valence-corrected chi connectivity index (χ2v) is 8.76. The number of carbonyl (C=O) groups is 2. The number of Topliss-reactive ketones (excluding diaryl/α,β-unsaturated/α-hetero) is 1. The first-order valence-electron chi connectivity index (χ1n) is 10.6. The summed E-state index contributed by atoms with van der Waals surface area (Å²) >= 11 is 1.08. The van der Waals surface area contributed by atoms with E-state index >= 15 is 0 Å². The summed E-state index contributed by atoms with van der Waals surface area (Å²) in [4.78, 5) is 32.4. The Morgan fingerprint density at radius 1 is 1.03 bits per heavy atom. The van der Waals surface area contributed by atoms with E-state index in [1.807, 2.05) is 0 Å². The highest BCUT2D eigenvalue weighted by Crippen LogP contribution is 2.46. The molecule has 1 N–H and O–H groups in total. The van der Waals surface area contributed by atoms with Gasteiger partial charge in [0.05, 0.1) is 30.0 Å². The summed E-state index contributed by atoms with van der Waals surface area (Å²) in [5, 5.41) is 11.4. The van der Waals surface area contributed by atoms with Gasteiger partial charge in [-0.15, -0.1) is 0 Å². The molecule has 176 valence electrons. The molecule has 5 rings (SSSR count). The first-order valence-corrected chi connectivity index (χ1v) is 11.4. The minimum absolute atomic E-state index is 0.102. The standard InChI is InChI=1S/C26H19FN2O5S/c1-33-16-10-7-14(8-11-16)23(30)21-22(17-5-3-4-6-19(17)34-2)29(25(32)24(21)31)26-28-18-12-9-15(27)13-20(18)35-26/h3-13,22,30H,1-2H3/b23-21+. The molecule has 0 saturated carbocycles. The van der Waals surface area contributed by atoms with Crippen LogP contribution in [-0.2, 0) is 9.59 Å². The maximum Gasteiger partial charge on any atom is 0.301 e. The predicted molar refractivity (Wildman–Crippen MR) is 130 cm³/mol. The van der Waals surface area contributed by atoms with Crippen LogP contribution in [0.2, 0.25) is 0 Å². The molecule has 1 unspecified atom stereocenters. The van der Waals surface area contributed by atoms with Crippen LogP contribution in [0.15, 0.2) is 72.3 Å². The number of para-hydroxylation sites is 1. The number of rotatable bonds is 5. The molecule has 2 heterocycles. The maximum absolute atomic E-state index is 13.8. The summed E-state index contributed by atoms with van der Waals surface area (Å²) in [6.07, 6.45) is 0. The van der Waals surface area contributed by atoms with Crippen molar-refractivity contribution in [3.8, 4) is 11.5 Å². The van der Waals surface area contributed by atoms with Gasteiger partial charge in [0.2, 0.25) is 0 Å². The van der Waals surface area contributed by atoms with Gasteiger partial charge in [0, 0.05) is 11.1 Å². The van der Waals surface area contributed by atoms with Crippen molar-refractivity contribution in [1.82, 2.24) is 4.98 Å². The van der Waals surface area contributed by atoms with Gasteiger partial charge in [0.15, 0.2) is 5.13 Å². The van der Waals surface area contributed by atoms with Crippen LogP contribution in [0.5, 0.6) is 11.5 Å². The van der Waals surface area contributed by atoms with Crippen molar-refractivity contribution < 1.29 is 28.6 Å². The molecule has 1 aliphatic rings. The van der Waals surface area contributed by atoms with Gasteiger partial charge in [-0.3, -0.25) is 14.5 Å². The van der Waals surface area contributed by atoms with Crippen molar-refractivity contribution in [2.24, 2.45) is 0 Å². The van der Waals surface area contributed by atoms with E-state index in [2.05, 4.69) is 4.98 Å². The second-order valence-electron chi connectivity index (χ2n) is 7.75. The van der Waals surface area contributed by atoms with Crippen LogP contribution in [0.25, 0.3) is 16.0 Å². The van der Waals surface area contributed by atoms with Crippen LogP contribution in [0, 0.1) is 5.82 Å². The Bertz CT molecular complexity index is 1500. The van der Waals surface area contributed by atoms with E-state index in [1.54, 1.807) is 48.5 Å². The molecular weight excluding hydrogens is 471 g/mol. The smallest absolute Gasteiger partial charge is 0.301 e. The minimum Gasteiger partial charge on any atom is -0.507 e. The maximum atomic E-state index is 13.8. The quantitative estimate of drug-likeness (QED) is 0.239. The number of hydrogen-bond donors (Lipinski definition) is 1. The van der Waals surface area contributed by atoms with Gasteiger partial charge in [0.1, 0.15) is 29.1 Å². The Balaban J connectivity index is 1.74. The van der Waals surface area contributed by atoms with E-state index in [9.17, 15) is 19.1 Å². The highest BCUT2D eigenvalue weighted by Gasteiger charge is 2.49. The summed E-state index contributed by atoms with van der Waals surface area (Å²) in [5.41, 5.74) is 1.22. The van der Waals surface area contributed by atoms with E-state index in [0.717, 1.165) is 11.3 Å². The number of methoxy groups -OCH3 is 2. The van der Waals surface area contributed by atoms with E-state index in [-0.39, 0.29) is 16.5 Å². The largest absolute Gasteiger partial charge is 0.507 e. The van der Waals surface area contributed by atoms with Crippen molar-refractivity contribution >= 4 is 44.1 Å². The number of amides is 1. The number of carbonyl (C=O) groups excluding carboxylic acids is 2. The fraction of sp³-hybridized carbons (Fsp3) is 0.115. The Morgan fingerprint density at radius 3 is 2.49 bits per heavy atom. The van der Waals surface area contributed by atoms with Gasteiger partial charge in [-0.1, -0.05) is 29.5 Å². The van der Waals surface area contributed by atoms with Crippen LogP contribution in [0.3, 0.4) is 0 Å². The molecule has 1 aromatic heterocycles. The third kappa shape index (κ3) is 3.79. The topological polar surface area (TPSA) is 89.0 Å². The van der Waals surface area contributed by atoms with Crippen molar-refractivity contribution in [1.29, 1.82) is 0 Å². The zero-order valence-electron chi connectivity index (χ0n) is 18.7. The Hall–Kier alpha value is -4.24. The molecule has 1 saturated heterocycles. The molecule has 3 aromatic carbocycles. The summed E-state index contributed by atoms with van der Waals surface area (Å²) in [5.74, 6) is -1.48. The molecule has 1 amide bonds. The van der Waals surface area contributed by atoms with E-state index < -0.39 is 23.5 Å². The number of anilines is 1. The number of benzene rings is 3. The van der Waals surface area contributed by atoms with Gasteiger partial charge in [-0.2, -0.15) is 0 Å². The monoisotopic (exact) mass is 490 g/mol. The van der Waals surface area contributed by atoms with Crippen molar-refractivity contribution in [3.63, 3.8) is 0 Å². The number of nitrogens with zero attached hydrogens (tertiary/aromatic N) is 2. The fourth-order valence-electron chi connectivity index (χ4n) is 4.11. The van der Waals surface area contributed by atoms with Crippen LogP contribution < -0.4 is 14.4 Å². The van der Waals surface area contributed by atoms with Crippen molar-refractivity contribution in [2.45, 2.75) is 6.04 Å². The average Bonchev–Trinajstić information content (AvgIpc) is 3.41. The molecular formula is C26H19FN2O5S. The first-order chi connectivity index (χ1) is 16.9. The van der Waals surface area contributed by atoms with Gasteiger partial charge in [0.25, 0.3) is 5.78 Å².